The number of nitrogens with two attached hydrogens (primary N) is 1. The van der Waals surface area contributed by atoms with Crippen molar-refractivity contribution >= 4 is 5.91 Å². The Kier molecular flexibility index (Phi) is 6.00. The molecule has 0 aliphatic heterocycles. The fourth-order valence-corrected chi connectivity index (χ4v) is 1.41. The average molecular weight is 252 g/mol. The van der Waals surface area contributed by atoms with E-state index in [2.05, 4.69) is 5.32 Å². The molecule has 0 fully saturated rings. The molecule has 0 radical (unpaired) electrons. The van der Waals surface area contributed by atoms with Crippen molar-refractivity contribution in [2.45, 2.75) is 19.4 Å². The Morgan fingerprint density at radius 3 is 2.50 bits per heavy atom. The lowest BCUT2D eigenvalue weighted by Crippen LogP contribution is -2.34. The van der Waals surface area contributed by atoms with E-state index in [9.17, 15) is 4.79 Å². The van der Waals surface area contributed by atoms with Crippen LogP contribution in [0.2, 0.25) is 0 Å². The molecule has 5 nitrogen and oxygen atoms in total. The monoisotopic (exact) mass is 252 g/mol. The maximum atomic E-state index is 11.2. The predicted octanol–water partition coefficient (Wildman–Crippen LogP) is 0.927. The van der Waals surface area contributed by atoms with Crippen molar-refractivity contribution in [3.8, 4) is 11.5 Å². The van der Waals surface area contributed by atoms with Gasteiger partial charge in [-0.2, -0.15) is 0 Å². The highest BCUT2D eigenvalue weighted by molar-refractivity contribution is 5.76. The topological polar surface area (TPSA) is 73.6 Å². The van der Waals surface area contributed by atoms with Crippen LogP contribution in [0.4, 0.5) is 0 Å². The van der Waals surface area contributed by atoms with Crippen LogP contribution in [-0.2, 0) is 4.79 Å². The normalized spacial score (nSPS) is 11.7. The van der Waals surface area contributed by atoms with E-state index in [4.69, 9.17) is 15.2 Å². The van der Waals surface area contributed by atoms with E-state index in [1.807, 2.05) is 31.2 Å². The fourth-order valence-electron chi connectivity index (χ4n) is 1.41. The molecule has 1 aromatic carbocycles. The number of amides is 1. The van der Waals surface area contributed by atoms with Crippen molar-refractivity contribution in [2.75, 3.05) is 20.2 Å². The van der Waals surface area contributed by atoms with Crippen molar-refractivity contribution in [2.24, 2.45) is 5.73 Å². The van der Waals surface area contributed by atoms with E-state index in [1.54, 1.807) is 7.11 Å². The third kappa shape index (κ3) is 5.05. The molecule has 1 rings (SSSR count). The Balaban J connectivity index is 2.34. The van der Waals surface area contributed by atoms with Gasteiger partial charge in [0.2, 0.25) is 5.91 Å². The Morgan fingerprint density at radius 1 is 1.33 bits per heavy atom. The highest BCUT2D eigenvalue weighted by Gasteiger charge is 2.06. The van der Waals surface area contributed by atoms with Gasteiger partial charge in [0.1, 0.15) is 17.6 Å². The minimum absolute atomic E-state index is 0.0531. The molecule has 5 heteroatoms. The second-order valence-corrected chi connectivity index (χ2v) is 3.95. The number of ether oxygens (including phenoxy) is 2. The second kappa shape index (κ2) is 7.55. The standard InChI is InChI=1S/C13H20N2O3/c1-10(9-15-13(16)7-8-14)18-12-5-3-11(17-2)4-6-12/h3-6,10H,7-9,14H2,1-2H3,(H,15,16). The first-order valence-electron chi connectivity index (χ1n) is 5.93. The van der Waals surface area contributed by atoms with Crippen molar-refractivity contribution in [3.05, 3.63) is 24.3 Å². The van der Waals surface area contributed by atoms with Crippen LogP contribution in [0.25, 0.3) is 0 Å². The number of methoxy groups -OCH3 is 1. The molecule has 3 N–H and O–H groups in total. The SMILES string of the molecule is COc1ccc(OC(C)CNC(=O)CCN)cc1. The zero-order valence-corrected chi connectivity index (χ0v) is 10.8. The molecule has 0 spiro atoms. The van der Waals surface area contributed by atoms with E-state index in [-0.39, 0.29) is 12.0 Å². The largest absolute Gasteiger partial charge is 0.497 e. The minimum Gasteiger partial charge on any atom is -0.497 e. The molecule has 0 bridgehead atoms. The third-order valence-electron chi connectivity index (χ3n) is 2.35. The van der Waals surface area contributed by atoms with Gasteiger partial charge in [-0.3, -0.25) is 4.79 Å². The number of carbonyl (C=O) groups excluding carboxylic acids is 1. The molecule has 0 saturated carbocycles. The van der Waals surface area contributed by atoms with Gasteiger partial charge in [-0.05, 0) is 31.2 Å². The maximum absolute atomic E-state index is 11.2. The molecule has 0 aromatic heterocycles. The number of hydrogen-bond acceptors (Lipinski definition) is 4. The van der Waals surface area contributed by atoms with Crippen molar-refractivity contribution < 1.29 is 14.3 Å². The zero-order valence-electron chi connectivity index (χ0n) is 10.8. The van der Waals surface area contributed by atoms with E-state index < -0.39 is 0 Å². The predicted molar refractivity (Wildman–Crippen MR) is 69.8 cm³/mol. The van der Waals surface area contributed by atoms with Gasteiger partial charge in [0.05, 0.1) is 13.7 Å². The quantitative estimate of drug-likeness (QED) is 0.757. The lowest BCUT2D eigenvalue weighted by Gasteiger charge is -2.15. The van der Waals surface area contributed by atoms with Gasteiger partial charge in [0, 0.05) is 13.0 Å². The summed E-state index contributed by atoms with van der Waals surface area (Å²) < 4.78 is 10.7. The zero-order chi connectivity index (χ0) is 13.4. The highest BCUT2D eigenvalue weighted by atomic mass is 16.5. The van der Waals surface area contributed by atoms with Crippen LogP contribution in [0.3, 0.4) is 0 Å². The van der Waals surface area contributed by atoms with E-state index >= 15 is 0 Å². The maximum Gasteiger partial charge on any atom is 0.221 e. The van der Waals surface area contributed by atoms with Crippen molar-refractivity contribution in [1.29, 1.82) is 0 Å². The summed E-state index contributed by atoms with van der Waals surface area (Å²) in [5.41, 5.74) is 5.28. The van der Waals surface area contributed by atoms with Gasteiger partial charge < -0.3 is 20.5 Å². The molecule has 0 aliphatic carbocycles. The summed E-state index contributed by atoms with van der Waals surface area (Å²) in [7, 11) is 1.62. The van der Waals surface area contributed by atoms with E-state index in [1.165, 1.54) is 0 Å². The van der Waals surface area contributed by atoms with Gasteiger partial charge in [-0.15, -0.1) is 0 Å². The van der Waals surface area contributed by atoms with E-state index in [0.29, 0.717) is 19.5 Å². The van der Waals surface area contributed by atoms with Crippen LogP contribution < -0.4 is 20.5 Å². The summed E-state index contributed by atoms with van der Waals surface area (Å²) in [6.07, 6.45) is 0.245. The molecule has 18 heavy (non-hydrogen) atoms. The second-order valence-electron chi connectivity index (χ2n) is 3.95. The number of rotatable bonds is 7. The third-order valence-corrected chi connectivity index (χ3v) is 2.35. The van der Waals surface area contributed by atoms with Gasteiger partial charge >= 0.3 is 0 Å². The van der Waals surface area contributed by atoms with Crippen LogP contribution in [0.1, 0.15) is 13.3 Å². The highest BCUT2D eigenvalue weighted by Crippen LogP contribution is 2.17. The average Bonchev–Trinajstić information content (AvgIpc) is 2.38. The van der Waals surface area contributed by atoms with Crippen LogP contribution in [-0.4, -0.2) is 32.2 Å². The minimum atomic E-state index is -0.0971. The Hall–Kier alpha value is -1.75. The van der Waals surface area contributed by atoms with Crippen LogP contribution in [0.5, 0.6) is 11.5 Å². The first-order valence-corrected chi connectivity index (χ1v) is 5.93. The van der Waals surface area contributed by atoms with Crippen molar-refractivity contribution in [1.82, 2.24) is 5.32 Å². The Labute approximate surface area is 107 Å². The summed E-state index contributed by atoms with van der Waals surface area (Å²) in [5, 5.41) is 2.76. The first kappa shape index (κ1) is 14.3. The lowest BCUT2D eigenvalue weighted by atomic mass is 10.3. The summed E-state index contributed by atoms with van der Waals surface area (Å²) >= 11 is 0. The van der Waals surface area contributed by atoms with Gasteiger partial charge in [-0.25, -0.2) is 0 Å². The number of benzene rings is 1. The molecule has 0 heterocycles. The lowest BCUT2D eigenvalue weighted by molar-refractivity contribution is -0.121. The molecular formula is C13H20N2O3. The number of hydrogen-bond donors (Lipinski definition) is 2. The number of nitrogens with one attached hydrogen (secondary N) is 1. The molecule has 1 atom stereocenters. The Bertz CT molecular complexity index is 365. The molecule has 0 aliphatic rings. The molecule has 1 amide bonds. The smallest absolute Gasteiger partial charge is 0.221 e. The van der Waals surface area contributed by atoms with Gasteiger partial charge in [0.25, 0.3) is 0 Å². The summed E-state index contributed by atoms with van der Waals surface area (Å²) in [6, 6.07) is 7.32. The van der Waals surface area contributed by atoms with Crippen LogP contribution in [0, 0.1) is 0 Å². The van der Waals surface area contributed by atoms with Gasteiger partial charge in [0.15, 0.2) is 0 Å². The summed E-state index contributed by atoms with van der Waals surface area (Å²) in [5.74, 6) is 1.48. The number of carbonyl (C=O) groups is 1. The molecule has 0 saturated heterocycles. The summed E-state index contributed by atoms with van der Waals surface area (Å²) in [6.45, 7) is 2.72. The van der Waals surface area contributed by atoms with Crippen LogP contribution >= 0.6 is 0 Å². The molecule has 1 unspecified atom stereocenters. The summed E-state index contributed by atoms with van der Waals surface area (Å²) in [4.78, 5) is 11.2. The van der Waals surface area contributed by atoms with Crippen molar-refractivity contribution in [3.63, 3.8) is 0 Å². The molecular weight excluding hydrogens is 232 g/mol. The fraction of sp³-hybridized carbons (Fsp3) is 0.462. The van der Waals surface area contributed by atoms with Crippen LogP contribution in [0.15, 0.2) is 24.3 Å². The molecule has 100 valence electrons. The van der Waals surface area contributed by atoms with Gasteiger partial charge in [-0.1, -0.05) is 0 Å². The first-order chi connectivity index (χ1) is 8.65. The Morgan fingerprint density at radius 2 is 1.94 bits per heavy atom. The molecule has 1 aromatic rings. The van der Waals surface area contributed by atoms with E-state index in [0.717, 1.165) is 11.5 Å².